The molecule has 0 saturated carbocycles. The second-order valence-corrected chi connectivity index (χ2v) is 6.06. The number of amides is 1. The topological polar surface area (TPSA) is 70.0 Å². The van der Waals surface area contributed by atoms with Crippen molar-refractivity contribution in [3.05, 3.63) is 78.1 Å². The maximum absolute atomic E-state index is 13.2. The summed E-state index contributed by atoms with van der Waals surface area (Å²) >= 11 is 0. The Bertz CT molecular complexity index is 852. The van der Waals surface area contributed by atoms with Gasteiger partial charge in [-0.25, -0.2) is 0 Å². The van der Waals surface area contributed by atoms with Gasteiger partial charge in [-0.3, -0.25) is 9.69 Å². The first-order chi connectivity index (χ1) is 12.1. The lowest BCUT2D eigenvalue weighted by molar-refractivity contribution is -0.132. The molecule has 25 heavy (non-hydrogen) atoms. The molecule has 0 bridgehead atoms. The van der Waals surface area contributed by atoms with E-state index >= 15 is 0 Å². The molecule has 1 saturated heterocycles. The monoisotopic (exact) mass is 335 g/mol. The first-order valence-corrected chi connectivity index (χ1v) is 8.08. The first-order valence-electron chi connectivity index (χ1n) is 8.08. The van der Waals surface area contributed by atoms with Crippen molar-refractivity contribution in [2.24, 2.45) is 0 Å². The molecule has 2 aliphatic rings. The summed E-state index contributed by atoms with van der Waals surface area (Å²) in [5, 5.41) is 19.0. The molecule has 1 heterocycles. The number of rotatable bonds is 2. The zero-order valence-electron chi connectivity index (χ0n) is 13.4. The number of carbonyl (C=O) groups is 1. The van der Waals surface area contributed by atoms with Crippen LogP contribution in [0.25, 0.3) is 0 Å². The predicted octanol–water partition coefficient (Wildman–Crippen LogP) is 3.41. The van der Waals surface area contributed by atoms with E-state index in [1.807, 2.05) is 18.2 Å². The van der Waals surface area contributed by atoms with Gasteiger partial charge in [0.05, 0.1) is 6.04 Å². The number of nitrogens with zero attached hydrogens (tertiary/aromatic N) is 1. The van der Waals surface area contributed by atoms with E-state index in [1.54, 1.807) is 41.3 Å². The maximum Gasteiger partial charge on any atom is 0.273 e. The Morgan fingerprint density at radius 1 is 0.960 bits per heavy atom. The van der Waals surface area contributed by atoms with E-state index < -0.39 is 6.10 Å². The largest absolute Gasteiger partial charge is 0.508 e. The summed E-state index contributed by atoms with van der Waals surface area (Å²) in [5.41, 5.74) is 1.39. The third kappa shape index (κ3) is 2.74. The number of phenolic OH excluding ortho intramolecular Hbond substituents is 2. The molecule has 5 nitrogen and oxygen atoms in total. The van der Waals surface area contributed by atoms with Gasteiger partial charge in [-0.1, -0.05) is 24.3 Å². The summed E-state index contributed by atoms with van der Waals surface area (Å²) < 4.78 is 5.99. The quantitative estimate of drug-likeness (QED) is 0.882. The highest BCUT2D eigenvalue weighted by Crippen LogP contribution is 2.38. The summed E-state index contributed by atoms with van der Waals surface area (Å²) in [4.78, 5) is 14.9. The minimum Gasteiger partial charge on any atom is -0.508 e. The highest BCUT2D eigenvalue weighted by atomic mass is 16.5. The Morgan fingerprint density at radius 3 is 2.28 bits per heavy atom. The number of fused-ring (bicyclic) bond motifs is 1. The fourth-order valence-electron chi connectivity index (χ4n) is 3.19. The number of ether oxygens (including phenoxy) is 1. The maximum atomic E-state index is 13.2. The fraction of sp³-hybridized carbons (Fsp3) is 0.150. The van der Waals surface area contributed by atoms with Crippen LogP contribution in [0.5, 0.6) is 11.5 Å². The van der Waals surface area contributed by atoms with Gasteiger partial charge in [0.2, 0.25) is 6.10 Å². The average molecular weight is 335 g/mol. The molecule has 2 aromatic rings. The molecule has 1 aliphatic heterocycles. The van der Waals surface area contributed by atoms with E-state index in [9.17, 15) is 15.0 Å². The second kappa shape index (κ2) is 6.02. The lowest BCUT2D eigenvalue weighted by Gasteiger charge is -2.41. The van der Waals surface area contributed by atoms with Crippen LogP contribution in [0.4, 0.5) is 5.69 Å². The summed E-state index contributed by atoms with van der Waals surface area (Å²) in [6.07, 6.45) is 5.69. The molecule has 1 amide bonds. The second-order valence-electron chi connectivity index (χ2n) is 6.06. The number of phenols is 2. The standard InChI is InChI=1S/C20H17NO4/c22-15-9-5-13(6-10-15)19-20(24)21(14-7-11-16(23)12-8-14)17-3-1-2-4-18(17)25-19/h1-2,4-12,17,19,22-23H,3H2. The molecule has 2 unspecified atom stereocenters. The Labute approximate surface area is 145 Å². The predicted molar refractivity (Wildman–Crippen MR) is 93.2 cm³/mol. The Morgan fingerprint density at radius 2 is 1.60 bits per heavy atom. The van der Waals surface area contributed by atoms with Crippen LogP contribution >= 0.6 is 0 Å². The normalized spacial score (nSPS) is 22.2. The highest BCUT2D eigenvalue weighted by Gasteiger charge is 2.41. The van der Waals surface area contributed by atoms with Crippen LogP contribution in [-0.4, -0.2) is 22.2 Å². The van der Waals surface area contributed by atoms with Gasteiger partial charge >= 0.3 is 0 Å². The third-order valence-corrected chi connectivity index (χ3v) is 4.44. The highest BCUT2D eigenvalue weighted by molar-refractivity contribution is 5.99. The Kier molecular flexibility index (Phi) is 3.69. The van der Waals surface area contributed by atoms with Crippen LogP contribution in [0.2, 0.25) is 0 Å². The van der Waals surface area contributed by atoms with Crippen LogP contribution < -0.4 is 4.90 Å². The summed E-state index contributed by atoms with van der Waals surface area (Å²) in [5.74, 6) is 0.848. The number of morpholine rings is 1. The van der Waals surface area contributed by atoms with Crippen LogP contribution in [0.15, 0.2) is 72.5 Å². The number of carbonyl (C=O) groups excluding carboxylic acids is 1. The molecular formula is C20H17NO4. The Balaban J connectivity index is 1.76. The minimum atomic E-state index is -0.775. The molecule has 0 aromatic heterocycles. The molecule has 0 radical (unpaired) electrons. The van der Waals surface area contributed by atoms with Gasteiger partial charge < -0.3 is 14.9 Å². The van der Waals surface area contributed by atoms with Gasteiger partial charge in [0.1, 0.15) is 17.3 Å². The lowest BCUT2D eigenvalue weighted by atomic mass is 9.97. The number of aromatic hydroxyl groups is 2. The van der Waals surface area contributed by atoms with E-state index in [-0.39, 0.29) is 23.4 Å². The van der Waals surface area contributed by atoms with E-state index in [0.717, 1.165) is 5.76 Å². The SMILES string of the molecule is O=C1C(c2ccc(O)cc2)OC2=CC=CCC2N1c1ccc(O)cc1. The minimum absolute atomic E-state index is 0.139. The summed E-state index contributed by atoms with van der Waals surface area (Å²) in [6, 6.07) is 12.8. The molecule has 4 rings (SSSR count). The Hall–Kier alpha value is -3.21. The van der Waals surface area contributed by atoms with Crippen molar-refractivity contribution in [1.82, 2.24) is 0 Å². The van der Waals surface area contributed by atoms with Crippen molar-refractivity contribution in [3.63, 3.8) is 0 Å². The van der Waals surface area contributed by atoms with Gasteiger partial charge in [0.15, 0.2) is 0 Å². The van der Waals surface area contributed by atoms with Gasteiger partial charge in [0, 0.05) is 11.3 Å². The summed E-state index contributed by atoms with van der Waals surface area (Å²) in [7, 11) is 0. The molecule has 0 spiro atoms. The van der Waals surface area contributed by atoms with Crippen LogP contribution in [0.3, 0.4) is 0 Å². The van der Waals surface area contributed by atoms with Gasteiger partial charge in [-0.05, 0) is 48.9 Å². The number of hydrogen-bond acceptors (Lipinski definition) is 4. The molecule has 2 N–H and O–H groups in total. The van der Waals surface area contributed by atoms with Crippen LogP contribution in [-0.2, 0) is 9.53 Å². The smallest absolute Gasteiger partial charge is 0.273 e. The molecule has 1 aliphatic carbocycles. The number of benzene rings is 2. The number of hydrogen-bond donors (Lipinski definition) is 2. The van der Waals surface area contributed by atoms with Crippen molar-refractivity contribution in [3.8, 4) is 11.5 Å². The fourth-order valence-corrected chi connectivity index (χ4v) is 3.19. The van der Waals surface area contributed by atoms with Gasteiger partial charge in [0.25, 0.3) is 5.91 Å². The summed E-state index contributed by atoms with van der Waals surface area (Å²) in [6.45, 7) is 0. The molecule has 2 aromatic carbocycles. The third-order valence-electron chi connectivity index (χ3n) is 4.44. The van der Waals surface area contributed by atoms with E-state index in [0.29, 0.717) is 17.7 Å². The zero-order chi connectivity index (χ0) is 17.4. The van der Waals surface area contributed by atoms with Gasteiger partial charge in [-0.2, -0.15) is 0 Å². The van der Waals surface area contributed by atoms with Gasteiger partial charge in [-0.15, -0.1) is 0 Å². The number of allylic oxidation sites excluding steroid dienone is 2. The molecule has 126 valence electrons. The van der Waals surface area contributed by atoms with Crippen molar-refractivity contribution >= 4 is 11.6 Å². The van der Waals surface area contributed by atoms with Crippen LogP contribution in [0, 0.1) is 0 Å². The molecular weight excluding hydrogens is 318 g/mol. The van der Waals surface area contributed by atoms with E-state index in [1.165, 1.54) is 12.1 Å². The molecule has 1 fully saturated rings. The van der Waals surface area contributed by atoms with Crippen molar-refractivity contribution in [2.75, 3.05) is 4.90 Å². The average Bonchev–Trinajstić information content (AvgIpc) is 2.63. The zero-order valence-corrected chi connectivity index (χ0v) is 13.4. The van der Waals surface area contributed by atoms with Crippen molar-refractivity contribution in [1.29, 1.82) is 0 Å². The lowest BCUT2D eigenvalue weighted by Crippen LogP contribution is -2.50. The van der Waals surface area contributed by atoms with E-state index in [2.05, 4.69) is 0 Å². The van der Waals surface area contributed by atoms with Crippen LogP contribution in [0.1, 0.15) is 18.1 Å². The number of anilines is 1. The van der Waals surface area contributed by atoms with E-state index in [4.69, 9.17) is 4.74 Å². The van der Waals surface area contributed by atoms with Crippen molar-refractivity contribution in [2.45, 2.75) is 18.6 Å². The first kappa shape index (κ1) is 15.3. The molecule has 2 atom stereocenters. The van der Waals surface area contributed by atoms with Crippen molar-refractivity contribution < 1.29 is 19.7 Å². The molecule has 5 heteroatoms.